The van der Waals surface area contributed by atoms with E-state index in [0.717, 1.165) is 17.7 Å². The van der Waals surface area contributed by atoms with Gasteiger partial charge in [0.15, 0.2) is 0 Å². The summed E-state index contributed by atoms with van der Waals surface area (Å²) >= 11 is 1.56. The van der Waals surface area contributed by atoms with Gasteiger partial charge >= 0.3 is 6.03 Å². The van der Waals surface area contributed by atoms with Gasteiger partial charge in [-0.05, 0) is 38.4 Å². The van der Waals surface area contributed by atoms with E-state index in [2.05, 4.69) is 10.6 Å². The summed E-state index contributed by atoms with van der Waals surface area (Å²) in [5.41, 5.74) is 0. The molecule has 0 aromatic carbocycles. The molecule has 1 aliphatic rings. The Labute approximate surface area is 130 Å². The van der Waals surface area contributed by atoms with Gasteiger partial charge in [-0.25, -0.2) is 4.79 Å². The number of carbonyl (C=O) groups excluding carboxylic acids is 1. The largest absolute Gasteiger partial charge is 0.341 e. The van der Waals surface area contributed by atoms with Crippen molar-refractivity contribution in [2.45, 2.75) is 44.0 Å². The second-order valence-electron chi connectivity index (χ2n) is 5.65. The molecule has 1 saturated carbocycles. The van der Waals surface area contributed by atoms with Crippen LogP contribution in [0.3, 0.4) is 0 Å². The Morgan fingerprint density at radius 2 is 2.10 bits per heavy atom. The fraction of sp³-hybridized carbons (Fsp3) is 0.667. The van der Waals surface area contributed by atoms with Crippen molar-refractivity contribution in [2.75, 3.05) is 21.2 Å². The van der Waals surface area contributed by atoms with Crippen LogP contribution < -0.4 is 10.6 Å². The van der Waals surface area contributed by atoms with Crippen LogP contribution in [0.25, 0.3) is 0 Å². The number of urea groups is 1. The molecule has 0 aliphatic heterocycles. The van der Waals surface area contributed by atoms with Crippen molar-refractivity contribution in [3.63, 3.8) is 0 Å². The Morgan fingerprint density at radius 1 is 1.38 bits per heavy atom. The van der Waals surface area contributed by atoms with Crippen molar-refractivity contribution >= 4 is 17.4 Å². The first kappa shape index (κ1) is 16.3. The fourth-order valence-electron chi connectivity index (χ4n) is 2.82. The first-order valence-electron chi connectivity index (χ1n) is 7.43. The van der Waals surface area contributed by atoms with Crippen LogP contribution in [-0.4, -0.2) is 38.2 Å². The Morgan fingerprint density at radius 3 is 2.62 bits per heavy atom. The highest BCUT2D eigenvalue weighted by atomic mass is 32.1. The lowest BCUT2D eigenvalue weighted by Crippen LogP contribution is -2.59. The van der Waals surface area contributed by atoms with Crippen molar-refractivity contribution in [3.8, 4) is 0 Å². The fourth-order valence-corrected chi connectivity index (χ4v) is 3.76. The van der Waals surface area contributed by atoms with Crippen molar-refractivity contribution in [3.05, 3.63) is 22.4 Å². The Balaban J connectivity index is 2.06. The van der Waals surface area contributed by atoms with Gasteiger partial charge in [-0.15, -0.1) is 11.3 Å². The molecule has 6 heteroatoms. The normalized spacial score (nSPS) is 19.2. The zero-order valence-corrected chi connectivity index (χ0v) is 13.8. The summed E-state index contributed by atoms with van der Waals surface area (Å²) in [6, 6.07) is 4.03. The van der Waals surface area contributed by atoms with Crippen LogP contribution >= 0.6 is 11.3 Å². The van der Waals surface area contributed by atoms with E-state index in [1.54, 1.807) is 18.4 Å². The SMILES string of the molecule is COC(NC(=O)NC1CCCCC1)(c1cccs1)N(C)C. The Bertz CT molecular complexity index is 444. The maximum atomic E-state index is 12.4. The smallest absolute Gasteiger partial charge is 0.318 e. The predicted molar refractivity (Wildman–Crippen MR) is 85.2 cm³/mol. The monoisotopic (exact) mass is 311 g/mol. The molecule has 2 amide bonds. The molecule has 1 fully saturated rings. The molecular weight excluding hydrogens is 286 g/mol. The highest BCUT2D eigenvalue weighted by Crippen LogP contribution is 2.28. The van der Waals surface area contributed by atoms with E-state index in [0.29, 0.717) is 0 Å². The van der Waals surface area contributed by atoms with Crippen molar-refractivity contribution < 1.29 is 9.53 Å². The molecule has 1 atom stereocenters. The van der Waals surface area contributed by atoms with Gasteiger partial charge in [-0.2, -0.15) is 0 Å². The van der Waals surface area contributed by atoms with E-state index in [4.69, 9.17) is 4.74 Å². The summed E-state index contributed by atoms with van der Waals surface area (Å²) in [6.07, 6.45) is 5.79. The molecule has 1 heterocycles. The molecule has 1 aliphatic carbocycles. The predicted octanol–water partition coefficient (Wildman–Crippen LogP) is 2.70. The number of rotatable bonds is 5. The number of hydrogen-bond acceptors (Lipinski definition) is 4. The van der Waals surface area contributed by atoms with Gasteiger partial charge in [0.2, 0.25) is 5.85 Å². The minimum atomic E-state index is -0.924. The molecule has 0 radical (unpaired) electrons. The summed E-state index contributed by atoms with van der Waals surface area (Å²) in [6.45, 7) is 0. The lowest BCUT2D eigenvalue weighted by molar-refractivity contribution is -0.135. The van der Waals surface area contributed by atoms with Crippen molar-refractivity contribution in [1.29, 1.82) is 0 Å². The van der Waals surface area contributed by atoms with E-state index in [9.17, 15) is 4.79 Å². The van der Waals surface area contributed by atoms with Crippen LogP contribution in [0.1, 0.15) is 37.0 Å². The van der Waals surface area contributed by atoms with Crippen LogP contribution in [0.4, 0.5) is 4.79 Å². The summed E-state index contributed by atoms with van der Waals surface area (Å²) in [7, 11) is 5.40. The number of carbonyl (C=O) groups is 1. The highest BCUT2D eigenvalue weighted by Gasteiger charge is 2.38. The molecular formula is C15H25N3O2S. The van der Waals surface area contributed by atoms with Crippen LogP contribution in [0.2, 0.25) is 0 Å². The molecule has 118 valence electrons. The number of hydrogen-bond donors (Lipinski definition) is 2. The lowest BCUT2D eigenvalue weighted by Gasteiger charge is -2.38. The average Bonchev–Trinajstić information content (AvgIpc) is 3.00. The molecule has 2 rings (SSSR count). The van der Waals surface area contributed by atoms with Gasteiger partial charge in [-0.3, -0.25) is 10.2 Å². The van der Waals surface area contributed by atoms with Crippen molar-refractivity contribution in [2.24, 2.45) is 0 Å². The summed E-state index contributed by atoms with van der Waals surface area (Å²) < 4.78 is 5.67. The number of methoxy groups -OCH3 is 1. The van der Waals surface area contributed by atoms with Crippen molar-refractivity contribution in [1.82, 2.24) is 15.5 Å². The van der Waals surface area contributed by atoms with Gasteiger partial charge in [0.05, 0.1) is 4.88 Å². The van der Waals surface area contributed by atoms with Gasteiger partial charge in [-0.1, -0.05) is 25.3 Å². The average molecular weight is 311 g/mol. The van der Waals surface area contributed by atoms with Gasteiger partial charge in [0.25, 0.3) is 0 Å². The number of thiophene rings is 1. The summed E-state index contributed by atoms with van der Waals surface area (Å²) in [5, 5.41) is 8.05. The molecule has 0 spiro atoms. The molecule has 0 bridgehead atoms. The second-order valence-corrected chi connectivity index (χ2v) is 6.60. The lowest BCUT2D eigenvalue weighted by atomic mass is 9.96. The zero-order valence-electron chi connectivity index (χ0n) is 13.0. The van der Waals surface area contributed by atoms with Crippen LogP contribution in [0.5, 0.6) is 0 Å². The molecule has 1 aromatic heterocycles. The van der Waals surface area contributed by atoms with E-state index in [1.807, 2.05) is 36.5 Å². The minimum absolute atomic E-state index is 0.175. The third-order valence-electron chi connectivity index (χ3n) is 4.00. The third kappa shape index (κ3) is 3.75. The molecule has 1 unspecified atom stereocenters. The maximum absolute atomic E-state index is 12.4. The van der Waals surface area contributed by atoms with Crippen LogP contribution in [0, 0.1) is 0 Å². The first-order chi connectivity index (χ1) is 10.1. The standard InChI is InChI=1S/C15H25N3O2S/c1-18(2)15(20-3,13-10-7-11-21-13)17-14(19)16-12-8-5-4-6-9-12/h7,10-12H,4-6,8-9H2,1-3H3,(H2,16,17,19). The molecule has 0 saturated heterocycles. The minimum Gasteiger partial charge on any atom is -0.341 e. The molecule has 5 nitrogen and oxygen atoms in total. The third-order valence-corrected chi connectivity index (χ3v) is 4.96. The Hall–Kier alpha value is -1.11. The summed E-state index contributed by atoms with van der Waals surface area (Å²) in [4.78, 5) is 15.2. The van der Waals surface area contributed by atoms with Gasteiger partial charge < -0.3 is 10.1 Å². The molecule has 2 N–H and O–H groups in total. The van der Waals surface area contributed by atoms with E-state index < -0.39 is 5.85 Å². The second kappa shape index (κ2) is 7.24. The maximum Gasteiger partial charge on any atom is 0.318 e. The highest BCUT2D eigenvalue weighted by molar-refractivity contribution is 7.10. The number of nitrogens with one attached hydrogen (secondary N) is 2. The van der Waals surface area contributed by atoms with Crippen LogP contribution in [0.15, 0.2) is 17.5 Å². The number of amides is 2. The zero-order chi connectivity index (χ0) is 15.3. The summed E-state index contributed by atoms with van der Waals surface area (Å²) in [5.74, 6) is -0.924. The van der Waals surface area contributed by atoms with Gasteiger partial charge in [0, 0.05) is 13.2 Å². The van der Waals surface area contributed by atoms with Gasteiger partial charge in [0.1, 0.15) is 0 Å². The number of nitrogens with zero attached hydrogens (tertiary/aromatic N) is 1. The molecule has 1 aromatic rings. The van der Waals surface area contributed by atoms with E-state index >= 15 is 0 Å². The Kier molecular flexibility index (Phi) is 5.61. The quantitative estimate of drug-likeness (QED) is 0.822. The molecule has 21 heavy (non-hydrogen) atoms. The van der Waals surface area contributed by atoms with Crippen LogP contribution in [-0.2, 0) is 10.6 Å². The number of ether oxygens (including phenoxy) is 1. The topological polar surface area (TPSA) is 53.6 Å². The first-order valence-corrected chi connectivity index (χ1v) is 8.31. The van der Waals surface area contributed by atoms with E-state index in [-0.39, 0.29) is 12.1 Å². The van der Waals surface area contributed by atoms with E-state index in [1.165, 1.54) is 19.3 Å².